The first-order valence-electron chi connectivity index (χ1n) is 6.85. The van der Waals surface area contributed by atoms with Crippen LogP contribution in [0.15, 0.2) is 29.2 Å². The van der Waals surface area contributed by atoms with E-state index >= 15 is 0 Å². The Bertz CT molecular complexity index is 371. The van der Waals surface area contributed by atoms with Crippen molar-refractivity contribution < 1.29 is 4.39 Å². The normalized spacial score (nSPS) is 14.6. The molecule has 19 heavy (non-hydrogen) atoms. The van der Waals surface area contributed by atoms with Crippen molar-refractivity contribution in [3.63, 3.8) is 0 Å². The van der Waals surface area contributed by atoms with Crippen LogP contribution in [0.2, 0.25) is 0 Å². The number of hydrazine groups is 1. The second kappa shape index (κ2) is 8.56. The molecule has 0 aromatic heterocycles. The average molecular weight is 284 g/mol. The highest BCUT2D eigenvalue weighted by Crippen LogP contribution is 2.23. The number of thioether (sulfide) groups is 1. The highest BCUT2D eigenvalue weighted by Gasteiger charge is 2.13. The minimum Gasteiger partial charge on any atom is -0.271 e. The van der Waals surface area contributed by atoms with Gasteiger partial charge in [0.05, 0.1) is 0 Å². The Morgan fingerprint density at radius 2 is 2.00 bits per heavy atom. The van der Waals surface area contributed by atoms with E-state index in [9.17, 15) is 4.39 Å². The molecule has 0 amide bonds. The van der Waals surface area contributed by atoms with Crippen LogP contribution in [0, 0.1) is 17.7 Å². The molecule has 0 bridgehead atoms. The molecule has 0 aliphatic rings. The lowest BCUT2D eigenvalue weighted by molar-refractivity contribution is 0.369. The first-order valence-corrected chi connectivity index (χ1v) is 7.84. The van der Waals surface area contributed by atoms with E-state index in [1.54, 1.807) is 23.9 Å². The average Bonchev–Trinajstić information content (AvgIpc) is 2.33. The molecule has 0 fully saturated rings. The molecule has 0 saturated heterocycles. The number of hydrogen-bond acceptors (Lipinski definition) is 3. The maximum Gasteiger partial charge on any atom is 0.124 e. The second-order valence-corrected chi connectivity index (χ2v) is 6.70. The van der Waals surface area contributed by atoms with Crippen molar-refractivity contribution in [3.05, 3.63) is 30.1 Å². The van der Waals surface area contributed by atoms with Crippen molar-refractivity contribution in [1.82, 2.24) is 5.43 Å². The predicted octanol–water partition coefficient (Wildman–Crippen LogP) is 3.82. The second-order valence-electron chi connectivity index (χ2n) is 5.60. The highest BCUT2D eigenvalue weighted by molar-refractivity contribution is 7.99. The lowest BCUT2D eigenvalue weighted by Gasteiger charge is -2.21. The van der Waals surface area contributed by atoms with Gasteiger partial charge in [0, 0.05) is 16.7 Å². The summed E-state index contributed by atoms with van der Waals surface area (Å²) < 4.78 is 13.1. The first-order chi connectivity index (χ1) is 9.01. The third kappa shape index (κ3) is 6.95. The van der Waals surface area contributed by atoms with E-state index in [1.165, 1.54) is 12.5 Å². The zero-order valence-corrected chi connectivity index (χ0v) is 12.8. The number of rotatable bonds is 8. The molecule has 1 aromatic carbocycles. The number of benzene rings is 1. The van der Waals surface area contributed by atoms with Gasteiger partial charge in [-0.2, -0.15) is 0 Å². The van der Waals surface area contributed by atoms with Gasteiger partial charge in [-0.25, -0.2) is 4.39 Å². The standard InChI is InChI=1S/C15H25FN2S/c1-11(2)7-12(3)8-14(18-17)10-19-15-6-4-5-13(16)9-15/h4-6,9,11-12,14,18H,7-8,10,17H2,1-3H3. The topological polar surface area (TPSA) is 38.0 Å². The Balaban J connectivity index is 2.40. The zero-order valence-electron chi connectivity index (χ0n) is 12.0. The van der Waals surface area contributed by atoms with Crippen LogP contribution in [0.1, 0.15) is 33.6 Å². The van der Waals surface area contributed by atoms with Gasteiger partial charge in [-0.15, -0.1) is 11.8 Å². The van der Waals surface area contributed by atoms with Crippen molar-refractivity contribution in [2.75, 3.05) is 5.75 Å². The number of halogens is 1. The summed E-state index contributed by atoms with van der Waals surface area (Å²) >= 11 is 1.65. The van der Waals surface area contributed by atoms with E-state index in [1.807, 2.05) is 6.07 Å². The Labute approximate surface area is 120 Å². The van der Waals surface area contributed by atoms with E-state index in [4.69, 9.17) is 5.84 Å². The Morgan fingerprint density at radius 3 is 2.58 bits per heavy atom. The largest absolute Gasteiger partial charge is 0.271 e. The fraction of sp³-hybridized carbons (Fsp3) is 0.600. The Morgan fingerprint density at radius 1 is 1.26 bits per heavy atom. The molecule has 108 valence electrons. The fourth-order valence-corrected chi connectivity index (χ4v) is 3.32. The third-order valence-electron chi connectivity index (χ3n) is 3.04. The van der Waals surface area contributed by atoms with Crippen LogP contribution >= 0.6 is 11.8 Å². The van der Waals surface area contributed by atoms with Gasteiger partial charge < -0.3 is 0 Å². The van der Waals surface area contributed by atoms with Gasteiger partial charge in [-0.1, -0.05) is 26.8 Å². The Hall–Kier alpha value is -0.580. The summed E-state index contributed by atoms with van der Waals surface area (Å²) in [6, 6.07) is 6.97. The molecule has 3 N–H and O–H groups in total. The molecular formula is C15H25FN2S. The number of nitrogens with two attached hydrogens (primary N) is 1. The molecule has 0 spiro atoms. The van der Waals surface area contributed by atoms with Crippen molar-refractivity contribution >= 4 is 11.8 Å². The van der Waals surface area contributed by atoms with Crippen molar-refractivity contribution in [2.45, 2.75) is 44.6 Å². The van der Waals surface area contributed by atoms with Crippen molar-refractivity contribution in [1.29, 1.82) is 0 Å². The van der Waals surface area contributed by atoms with Gasteiger partial charge in [0.15, 0.2) is 0 Å². The summed E-state index contributed by atoms with van der Waals surface area (Å²) in [4.78, 5) is 0.955. The fourth-order valence-electron chi connectivity index (χ4n) is 2.32. The number of hydrogen-bond donors (Lipinski definition) is 2. The van der Waals surface area contributed by atoms with E-state index < -0.39 is 0 Å². The Kier molecular flexibility index (Phi) is 7.42. The predicted molar refractivity (Wildman–Crippen MR) is 81.5 cm³/mol. The summed E-state index contributed by atoms with van der Waals surface area (Å²) in [7, 11) is 0. The van der Waals surface area contributed by atoms with Gasteiger partial charge in [0.1, 0.15) is 5.82 Å². The lowest BCUT2D eigenvalue weighted by Crippen LogP contribution is -2.38. The molecule has 2 unspecified atom stereocenters. The lowest BCUT2D eigenvalue weighted by atomic mass is 9.93. The molecule has 0 radical (unpaired) electrons. The minimum atomic E-state index is -0.185. The molecule has 0 aliphatic heterocycles. The molecule has 2 atom stereocenters. The van der Waals surface area contributed by atoms with Crippen LogP contribution in [-0.2, 0) is 0 Å². The minimum absolute atomic E-state index is 0.185. The summed E-state index contributed by atoms with van der Waals surface area (Å²) in [6.07, 6.45) is 2.26. The van der Waals surface area contributed by atoms with Gasteiger partial charge in [0.2, 0.25) is 0 Å². The van der Waals surface area contributed by atoms with Crippen LogP contribution in [-0.4, -0.2) is 11.8 Å². The summed E-state index contributed by atoms with van der Waals surface area (Å²) in [5.74, 6) is 7.65. The van der Waals surface area contributed by atoms with Crippen LogP contribution in [0.5, 0.6) is 0 Å². The van der Waals surface area contributed by atoms with E-state index in [0.29, 0.717) is 11.8 Å². The molecular weight excluding hydrogens is 259 g/mol. The van der Waals surface area contributed by atoms with Gasteiger partial charge in [0.25, 0.3) is 0 Å². The van der Waals surface area contributed by atoms with Crippen molar-refractivity contribution in [2.24, 2.45) is 17.7 Å². The molecule has 1 rings (SSSR count). The van der Waals surface area contributed by atoms with E-state index in [0.717, 1.165) is 17.1 Å². The quantitative estimate of drug-likeness (QED) is 0.433. The molecule has 0 saturated carbocycles. The maximum atomic E-state index is 13.1. The number of nitrogens with one attached hydrogen (secondary N) is 1. The maximum absolute atomic E-state index is 13.1. The highest BCUT2D eigenvalue weighted by atomic mass is 32.2. The molecule has 2 nitrogen and oxygen atoms in total. The SMILES string of the molecule is CC(C)CC(C)CC(CSc1cccc(F)c1)NN. The molecule has 0 heterocycles. The third-order valence-corrected chi connectivity index (χ3v) is 4.20. The van der Waals surface area contributed by atoms with Crippen LogP contribution < -0.4 is 11.3 Å². The molecule has 0 aliphatic carbocycles. The van der Waals surface area contributed by atoms with Crippen LogP contribution in [0.4, 0.5) is 4.39 Å². The summed E-state index contributed by atoms with van der Waals surface area (Å²) in [6.45, 7) is 6.74. The summed E-state index contributed by atoms with van der Waals surface area (Å²) in [5, 5.41) is 0. The van der Waals surface area contributed by atoms with E-state index in [2.05, 4.69) is 26.2 Å². The van der Waals surface area contributed by atoms with Gasteiger partial charge in [-0.3, -0.25) is 11.3 Å². The van der Waals surface area contributed by atoms with Crippen LogP contribution in [0.25, 0.3) is 0 Å². The van der Waals surface area contributed by atoms with Gasteiger partial charge >= 0.3 is 0 Å². The summed E-state index contributed by atoms with van der Waals surface area (Å²) in [5.41, 5.74) is 2.88. The van der Waals surface area contributed by atoms with Gasteiger partial charge in [-0.05, 0) is 42.9 Å². The zero-order chi connectivity index (χ0) is 14.3. The molecule has 1 aromatic rings. The first kappa shape index (κ1) is 16.5. The monoisotopic (exact) mass is 284 g/mol. The van der Waals surface area contributed by atoms with Crippen LogP contribution in [0.3, 0.4) is 0 Å². The smallest absolute Gasteiger partial charge is 0.124 e. The van der Waals surface area contributed by atoms with E-state index in [-0.39, 0.29) is 11.9 Å². The van der Waals surface area contributed by atoms with Crippen molar-refractivity contribution in [3.8, 4) is 0 Å². The molecule has 4 heteroatoms.